The molecule has 2 rings (SSSR count). The summed E-state index contributed by atoms with van der Waals surface area (Å²) >= 11 is 5.74. The van der Waals surface area contributed by atoms with Gasteiger partial charge in [0.25, 0.3) is 5.78 Å². The van der Waals surface area contributed by atoms with Crippen molar-refractivity contribution in [2.45, 2.75) is 12.3 Å². The summed E-state index contributed by atoms with van der Waals surface area (Å²) in [5.41, 5.74) is 0.773. The van der Waals surface area contributed by atoms with Crippen molar-refractivity contribution in [3.8, 4) is 0 Å². The molecule has 16 heavy (non-hydrogen) atoms. The topological polar surface area (TPSA) is 69.4 Å². The first-order valence-corrected chi connectivity index (χ1v) is 5.10. The van der Waals surface area contributed by atoms with Gasteiger partial charge in [-0.2, -0.15) is 9.50 Å². The third-order valence-electron chi connectivity index (χ3n) is 2.03. The monoisotopic (exact) mass is 240 g/mol. The van der Waals surface area contributed by atoms with Gasteiger partial charge in [-0.1, -0.05) is 0 Å². The standard InChI is InChI=1S/C9H9ClN4O2/c1-16-8(15)4-7-12-9-11-3-2-6(5-10)14(9)13-7/h2-3H,4-5H2,1H3. The van der Waals surface area contributed by atoms with Crippen LogP contribution in [0, 0.1) is 0 Å². The normalized spacial score (nSPS) is 10.6. The molecule has 7 heteroatoms. The lowest BCUT2D eigenvalue weighted by atomic mass is 10.4. The molecule has 0 aliphatic rings. The predicted molar refractivity (Wildman–Crippen MR) is 56.1 cm³/mol. The van der Waals surface area contributed by atoms with Gasteiger partial charge in [0.1, 0.15) is 6.42 Å². The Hall–Kier alpha value is -1.69. The number of esters is 1. The van der Waals surface area contributed by atoms with Crippen LogP contribution >= 0.6 is 11.6 Å². The number of carbonyl (C=O) groups is 1. The van der Waals surface area contributed by atoms with Gasteiger partial charge in [-0.25, -0.2) is 4.98 Å². The van der Waals surface area contributed by atoms with Crippen molar-refractivity contribution in [2.75, 3.05) is 7.11 Å². The van der Waals surface area contributed by atoms with E-state index < -0.39 is 0 Å². The van der Waals surface area contributed by atoms with Crippen LogP contribution in [0.1, 0.15) is 11.5 Å². The van der Waals surface area contributed by atoms with Crippen LogP contribution in [0.2, 0.25) is 0 Å². The predicted octanol–water partition coefficient (Wildman–Crippen LogP) is 0.579. The lowest BCUT2D eigenvalue weighted by Crippen LogP contribution is -2.06. The summed E-state index contributed by atoms with van der Waals surface area (Å²) in [7, 11) is 1.32. The molecular weight excluding hydrogens is 232 g/mol. The van der Waals surface area contributed by atoms with Crippen molar-refractivity contribution in [3.63, 3.8) is 0 Å². The number of aromatic nitrogens is 4. The van der Waals surface area contributed by atoms with Gasteiger partial charge in [0.05, 0.1) is 18.7 Å². The Labute approximate surface area is 96.2 Å². The average molecular weight is 241 g/mol. The van der Waals surface area contributed by atoms with E-state index in [4.69, 9.17) is 11.6 Å². The fourth-order valence-corrected chi connectivity index (χ4v) is 1.46. The lowest BCUT2D eigenvalue weighted by Gasteiger charge is -1.96. The minimum absolute atomic E-state index is 0.0294. The molecule has 0 aliphatic carbocycles. The molecule has 0 radical (unpaired) electrons. The zero-order valence-corrected chi connectivity index (χ0v) is 9.31. The van der Waals surface area contributed by atoms with Crippen molar-refractivity contribution in [1.82, 2.24) is 19.6 Å². The highest BCUT2D eigenvalue weighted by Gasteiger charge is 2.11. The van der Waals surface area contributed by atoms with E-state index in [1.807, 2.05) is 0 Å². The maximum Gasteiger partial charge on any atom is 0.313 e. The number of carbonyl (C=O) groups excluding carboxylic acids is 1. The lowest BCUT2D eigenvalue weighted by molar-refractivity contribution is -0.139. The molecule has 0 N–H and O–H groups in total. The Morgan fingerprint density at radius 3 is 3.12 bits per heavy atom. The fourth-order valence-electron chi connectivity index (χ4n) is 1.26. The number of ether oxygens (including phenoxy) is 1. The van der Waals surface area contributed by atoms with E-state index in [9.17, 15) is 4.79 Å². The molecule has 0 aromatic carbocycles. The SMILES string of the molecule is COC(=O)Cc1nc2nccc(CCl)n2n1. The molecule has 6 nitrogen and oxygen atoms in total. The molecule has 0 fully saturated rings. The van der Waals surface area contributed by atoms with Gasteiger partial charge in [0.15, 0.2) is 5.82 Å². The van der Waals surface area contributed by atoms with Gasteiger partial charge in [-0.15, -0.1) is 16.7 Å². The summed E-state index contributed by atoms with van der Waals surface area (Å²) in [5.74, 6) is 0.720. The van der Waals surface area contributed by atoms with Crippen molar-refractivity contribution in [3.05, 3.63) is 23.8 Å². The van der Waals surface area contributed by atoms with Gasteiger partial charge in [-0.05, 0) is 6.07 Å². The zero-order valence-electron chi connectivity index (χ0n) is 8.55. The molecule has 84 valence electrons. The van der Waals surface area contributed by atoms with Crippen LogP contribution in [0.4, 0.5) is 0 Å². The van der Waals surface area contributed by atoms with E-state index in [2.05, 4.69) is 19.8 Å². The Balaban J connectivity index is 2.39. The second kappa shape index (κ2) is 4.44. The molecule has 0 bridgehead atoms. The average Bonchev–Trinajstić information content (AvgIpc) is 2.70. The van der Waals surface area contributed by atoms with Crippen molar-refractivity contribution in [1.29, 1.82) is 0 Å². The van der Waals surface area contributed by atoms with E-state index in [1.54, 1.807) is 12.3 Å². The molecule has 0 atom stereocenters. The van der Waals surface area contributed by atoms with Crippen LogP contribution < -0.4 is 0 Å². The summed E-state index contributed by atoms with van der Waals surface area (Å²) in [6, 6.07) is 1.75. The quantitative estimate of drug-likeness (QED) is 0.580. The van der Waals surface area contributed by atoms with Gasteiger partial charge in [0.2, 0.25) is 0 Å². The summed E-state index contributed by atoms with van der Waals surface area (Å²) < 4.78 is 6.05. The van der Waals surface area contributed by atoms with E-state index in [1.165, 1.54) is 11.6 Å². The summed E-state index contributed by atoms with van der Waals surface area (Å²) in [6.45, 7) is 0. The van der Waals surface area contributed by atoms with E-state index in [0.29, 0.717) is 17.5 Å². The summed E-state index contributed by atoms with van der Waals surface area (Å²) in [6.07, 6.45) is 1.63. The molecule has 0 spiro atoms. The highest BCUT2D eigenvalue weighted by molar-refractivity contribution is 6.16. The minimum Gasteiger partial charge on any atom is -0.469 e. The highest BCUT2D eigenvalue weighted by Crippen LogP contribution is 2.06. The van der Waals surface area contributed by atoms with Crippen molar-refractivity contribution >= 4 is 23.3 Å². The number of alkyl halides is 1. The van der Waals surface area contributed by atoms with Crippen LogP contribution in [0.25, 0.3) is 5.78 Å². The summed E-state index contributed by atoms with van der Waals surface area (Å²) in [5, 5.41) is 4.13. The third-order valence-corrected chi connectivity index (χ3v) is 2.30. The molecule has 2 aromatic rings. The number of methoxy groups -OCH3 is 1. The summed E-state index contributed by atoms with van der Waals surface area (Å²) in [4.78, 5) is 19.2. The van der Waals surface area contributed by atoms with Crippen LogP contribution in [0.15, 0.2) is 12.3 Å². The molecular formula is C9H9ClN4O2. The van der Waals surface area contributed by atoms with Gasteiger partial charge in [0, 0.05) is 6.20 Å². The molecule has 0 saturated carbocycles. The maximum atomic E-state index is 11.1. The van der Waals surface area contributed by atoms with E-state index in [-0.39, 0.29) is 12.4 Å². The van der Waals surface area contributed by atoms with E-state index in [0.717, 1.165) is 5.69 Å². The number of nitrogens with zero attached hydrogens (tertiary/aromatic N) is 4. The van der Waals surface area contributed by atoms with Crippen LogP contribution in [-0.2, 0) is 21.8 Å². The second-order valence-corrected chi connectivity index (χ2v) is 3.33. The number of halogens is 1. The third kappa shape index (κ3) is 1.96. The van der Waals surface area contributed by atoms with Gasteiger partial charge < -0.3 is 4.74 Å². The van der Waals surface area contributed by atoms with Gasteiger partial charge >= 0.3 is 5.97 Å². The molecule has 2 aromatic heterocycles. The number of rotatable bonds is 3. The largest absolute Gasteiger partial charge is 0.469 e. The fraction of sp³-hybridized carbons (Fsp3) is 0.333. The Bertz CT molecular complexity index is 525. The van der Waals surface area contributed by atoms with E-state index >= 15 is 0 Å². The number of hydrogen-bond donors (Lipinski definition) is 0. The zero-order chi connectivity index (χ0) is 11.5. The first-order valence-electron chi connectivity index (χ1n) is 4.57. The first kappa shape index (κ1) is 10.8. The Kier molecular flexibility index (Phi) is 3.00. The van der Waals surface area contributed by atoms with Crippen molar-refractivity contribution in [2.24, 2.45) is 0 Å². The molecule has 0 aliphatic heterocycles. The minimum atomic E-state index is -0.386. The molecule has 0 amide bonds. The van der Waals surface area contributed by atoms with Crippen molar-refractivity contribution < 1.29 is 9.53 Å². The number of hydrogen-bond acceptors (Lipinski definition) is 5. The maximum absolute atomic E-state index is 11.1. The molecule has 0 saturated heterocycles. The Morgan fingerprint density at radius 2 is 2.44 bits per heavy atom. The van der Waals surface area contributed by atoms with Crippen LogP contribution in [0.3, 0.4) is 0 Å². The molecule has 0 unspecified atom stereocenters. The Morgan fingerprint density at radius 1 is 1.62 bits per heavy atom. The van der Waals surface area contributed by atoms with Crippen LogP contribution in [0.5, 0.6) is 0 Å². The molecule has 2 heterocycles. The van der Waals surface area contributed by atoms with Gasteiger partial charge in [-0.3, -0.25) is 4.79 Å². The van der Waals surface area contributed by atoms with Crippen LogP contribution in [-0.4, -0.2) is 32.7 Å². The first-order chi connectivity index (χ1) is 7.74. The number of fused-ring (bicyclic) bond motifs is 1. The second-order valence-electron chi connectivity index (χ2n) is 3.06. The highest BCUT2D eigenvalue weighted by atomic mass is 35.5. The smallest absolute Gasteiger partial charge is 0.313 e.